The van der Waals surface area contributed by atoms with Crippen LogP contribution >= 0.6 is 0 Å². The molecule has 1 spiro atoms. The number of hydrogen-bond acceptors (Lipinski definition) is 5. The SMILES string of the molecule is Nc1nc2c(c(=O)[nH]1)CCC21CCN(C(=O)CCCc2cn[nH]c2)CC1. The molecular formula is C18H24N6O2. The number of hydrogen-bond donors (Lipinski definition) is 3. The van der Waals surface area contributed by atoms with Crippen molar-refractivity contribution in [2.45, 2.75) is 50.4 Å². The topological polar surface area (TPSA) is 121 Å². The maximum absolute atomic E-state index is 12.5. The first-order valence-electron chi connectivity index (χ1n) is 9.22. The maximum atomic E-state index is 12.5. The van der Waals surface area contributed by atoms with Gasteiger partial charge in [-0.05, 0) is 44.1 Å². The number of nitrogens with zero attached hydrogens (tertiary/aromatic N) is 3. The average molecular weight is 356 g/mol. The normalized spacial score (nSPS) is 18.2. The van der Waals surface area contributed by atoms with Crippen LogP contribution in [-0.4, -0.2) is 44.1 Å². The van der Waals surface area contributed by atoms with Gasteiger partial charge in [0.2, 0.25) is 11.9 Å². The number of piperidine rings is 1. The van der Waals surface area contributed by atoms with Crippen LogP contribution in [0.3, 0.4) is 0 Å². The molecule has 2 aromatic rings. The zero-order valence-corrected chi connectivity index (χ0v) is 14.8. The fraction of sp³-hybridized carbons (Fsp3) is 0.556. The van der Waals surface area contributed by atoms with E-state index < -0.39 is 0 Å². The number of aryl methyl sites for hydroxylation is 1. The van der Waals surface area contributed by atoms with Crippen LogP contribution in [0.25, 0.3) is 0 Å². The number of likely N-dealkylation sites (tertiary alicyclic amines) is 1. The average Bonchev–Trinajstić information content (AvgIpc) is 3.25. The minimum Gasteiger partial charge on any atom is -0.369 e. The van der Waals surface area contributed by atoms with E-state index in [0.717, 1.165) is 68.4 Å². The number of aromatic amines is 2. The van der Waals surface area contributed by atoms with Gasteiger partial charge in [0.25, 0.3) is 5.56 Å². The van der Waals surface area contributed by atoms with Crippen LogP contribution in [0.5, 0.6) is 0 Å². The van der Waals surface area contributed by atoms with Crippen LogP contribution in [0.15, 0.2) is 17.2 Å². The van der Waals surface area contributed by atoms with Gasteiger partial charge >= 0.3 is 0 Å². The van der Waals surface area contributed by atoms with Crippen molar-refractivity contribution in [3.8, 4) is 0 Å². The molecule has 0 saturated carbocycles. The molecule has 4 rings (SSSR count). The summed E-state index contributed by atoms with van der Waals surface area (Å²) >= 11 is 0. The van der Waals surface area contributed by atoms with Crippen LogP contribution in [0.2, 0.25) is 0 Å². The third-order valence-electron chi connectivity index (χ3n) is 5.87. The fourth-order valence-electron chi connectivity index (χ4n) is 4.36. The van der Waals surface area contributed by atoms with E-state index in [1.54, 1.807) is 6.20 Å². The summed E-state index contributed by atoms with van der Waals surface area (Å²) in [6.45, 7) is 1.44. The second kappa shape index (κ2) is 6.59. The van der Waals surface area contributed by atoms with E-state index in [0.29, 0.717) is 6.42 Å². The Kier molecular flexibility index (Phi) is 4.26. The van der Waals surface area contributed by atoms with E-state index in [4.69, 9.17) is 5.73 Å². The molecule has 4 N–H and O–H groups in total. The summed E-state index contributed by atoms with van der Waals surface area (Å²) in [4.78, 5) is 33.6. The quantitative estimate of drug-likeness (QED) is 0.752. The molecule has 0 radical (unpaired) electrons. The van der Waals surface area contributed by atoms with Gasteiger partial charge in [-0.2, -0.15) is 5.10 Å². The van der Waals surface area contributed by atoms with Gasteiger partial charge in [0.05, 0.1) is 11.9 Å². The number of amides is 1. The number of carbonyl (C=O) groups is 1. The van der Waals surface area contributed by atoms with Gasteiger partial charge in [-0.25, -0.2) is 4.98 Å². The lowest BCUT2D eigenvalue weighted by Crippen LogP contribution is -2.44. The lowest BCUT2D eigenvalue weighted by atomic mass is 9.76. The Morgan fingerprint density at radius 2 is 2.12 bits per heavy atom. The lowest BCUT2D eigenvalue weighted by molar-refractivity contribution is -0.132. The minimum absolute atomic E-state index is 0.0920. The second-order valence-corrected chi connectivity index (χ2v) is 7.40. The number of rotatable bonds is 4. The molecule has 3 heterocycles. The first-order valence-corrected chi connectivity index (χ1v) is 9.22. The van der Waals surface area contributed by atoms with Crippen LogP contribution in [0.4, 0.5) is 5.95 Å². The number of anilines is 1. The van der Waals surface area contributed by atoms with Gasteiger partial charge < -0.3 is 10.6 Å². The molecule has 0 atom stereocenters. The molecule has 1 fully saturated rings. The predicted molar refractivity (Wildman–Crippen MR) is 96.6 cm³/mol. The summed E-state index contributed by atoms with van der Waals surface area (Å²) < 4.78 is 0. The van der Waals surface area contributed by atoms with Crippen molar-refractivity contribution in [3.63, 3.8) is 0 Å². The molecule has 1 aliphatic heterocycles. The van der Waals surface area contributed by atoms with Crippen LogP contribution < -0.4 is 11.3 Å². The largest absolute Gasteiger partial charge is 0.369 e. The molecule has 8 nitrogen and oxygen atoms in total. The number of nitrogens with one attached hydrogen (secondary N) is 2. The van der Waals surface area contributed by atoms with Crippen molar-refractivity contribution in [1.82, 2.24) is 25.1 Å². The molecule has 2 aliphatic rings. The summed E-state index contributed by atoms with van der Waals surface area (Å²) in [7, 11) is 0. The Labute approximate surface area is 151 Å². The summed E-state index contributed by atoms with van der Waals surface area (Å²) in [6, 6.07) is 0. The van der Waals surface area contributed by atoms with Crippen molar-refractivity contribution in [2.24, 2.45) is 0 Å². The van der Waals surface area contributed by atoms with Gasteiger partial charge in [-0.1, -0.05) is 0 Å². The molecule has 0 unspecified atom stereocenters. The number of nitrogen functional groups attached to an aromatic ring is 1. The van der Waals surface area contributed by atoms with Crippen LogP contribution in [0, 0.1) is 0 Å². The van der Waals surface area contributed by atoms with Crippen molar-refractivity contribution in [3.05, 3.63) is 39.6 Å². The number of carbonyl (C=O) groups excluding carboxylic acids is 1. The van der Waals surface area contributed by atoms with Crippen molar-refractivity contribution >= 4 is 11.9 Å². The molecule has 0 bridgehead atoms. The van der Waals surface area contributed by atoms with Crippen molar-refractivity contribution in [1.29, 1.82) is 0 Å². The van der Waals surface area contributed by atoms with Gasteiger partial charge in [0.1, 0.15) is 0 Å². The minimum atomic E-state index is -0.109. The van der Waals surface area contributed by atoms with Crippen LogP contribution in [-0.2, 0) is 23.1 Å². The molecule has 8 heteroatoms. The smallest absolute Gasteiger partial charge is 0.255 e. The molecule has 1 amide bonds. The summed E-state index contributed by atoms with van der Waals surface area (Å²) in [5.74, 6) is 0.396. The summed E-state index contributed by atoms with van der Waals surface area (Å²) in [5.41, 5.74) is 8.33. The maximum Gasteiger partial charge on any atom is 0.255 e. The van der Waals surface area contributed by atoms with Crippen molar-refractivity contribution in [2.75, 3.05) is 18.8 Å². The zero-order valence-electron chi connectivity index (χ0n) is 14.8. The lowest BCUT2D eigenvalue weighted by Gasteiger charge is -2.39. The molecule has 2 aromatic heterocycles. The number of nitrogens with two attached hydrogens (primary N) is 1. The van der Waals surface area contributed by atoms with E-state index in [-0.39, 0.29) is 22.8 Å². The second-order valence-electron chi connectivity index (χ2n) is 7.40. The Morgan fingerprint density at radius 3 is 2.85 bits per heavy atom. The van der Waals surface area contributed by atoms with Gasteiger partial charge in [0, 0.05) is 36.7 Å². The highest BCUT2D eigenvalue weighted by molar-refractivity contribution is 5.76. The number of fused-ring (bicyclic) bond motifs is 2. The molecular weight excluding hydrogens is 332 g/mol. The summed E-state index contributed by atoms with van der Waals surface area (Å²) in [6.07, 6.45) is 9.28. The Hall–Kier alpha value is -2.64. The highest BCUT2D eigenvalue weighted by Crippen LogP contribution is 2.44. The van der Waals surface area contributed by atoms with Gasteiger partial charge in [-0.3, -0.25) is 19.7 Å². The van der Waals surface area contributed by atoms with E-state index in [1.165, 1.54) is 0 Å². The molecule has 26 heavy (non-hydrogen) atoms. The molecule has 1 saturated heterocycles. The van der Waals surface area contributed by atoms with E-state index in [9.17, 15) is 9.59 Å². The number of aromatic nitrogens is 4. The third-order valence-corrected chi connectivity index (χ3v) is 5.87. The van der Waals surface area contributed by atoms with Crippen molar-refractivity contribution < 1.29 is 4.79 Å². The first-order chi connectivity index (χ1) is 12.6. The first kappa shape index (κ1) is 16.8. The molecule has 1 aliphatic carbocycles. The predicted octanol–water partition coefficient (Wildman–Crippen LogP) is 0.904. The number of H-pyrrole nitrogens is 2. The fourth-order valence-corrected chi connectivity index (χ4v) is 4.36. The van der Waals surface area contributed by atoms with Crippen LogP contribution in [0.1, 0.15) is 48.9 Å². The summed E-state index contributed by atoms with van der Waals surface area (Å²) in [5, 5.41) is 6.71. The zero-order chi connectivity index (χ0) is 18.1. The molecule has 138 valence electrons. The van der Waals surface area contributed by atoms with E-state index >= 15 is 0 Å². The highest BCUT2D eigenvalue weighted by atomic mass is 16.2. The van der Waals surface area contributed by atoms with E-state index in [2.05, 4.69) is 20.2 Å². The van der Waals surface area contributed by atoms with Gasteiger partial charge in [0.15, 0.2) is 0 Å². The highest BCUT2D eigenvalue weighted by Gasteiger charge is 2.44. The Bertz CT molecular complexity index is 849. The Balaban J connectivity index is 1.36. The monoisotopic (exact) mass is 356 g/mol. The van der Waals surface area contributed by atoms with Gasteiger partial charge in [-0.15, -0.1) is 0 Å². The van der Waals surface area contributed by atoms with E-state index in [1.807, 2.05) is 11.1 Å². The Morgan fingerprint density at radius 1 is 1.31 bits per heavy atom. The third kappa shape index (κ3) is 3.00. The standard InChI is InChI=1S/C18H24N6O2/c19-17-22-15-13(16(26)23-17)4-5-18(15)6-8-24(9-7-18)14(25)3-1-2-12-10-20-21-11-12/h10-11H,1-9H2,(H,20,21)(H3,19,22,23,26). The molecule has 0 aromatic carbocycles.